The van der Waals surface area contributed by atoms with Crippen molar-refractivity contribution in [3.05, 3.63) is 102 Å². The molecule has 0 aliphatic heterocycles. The Kier molecular flexibility index (Phi) is 6.31. The van der Waals surface area contributed by atoms with Crippen molar-refractivity contribution in [1.82, 2.24) is 15.2 Å². The minimum Gasteiger partial charge on any atom is -0.457 e. The Morgan fingerprint density at radius 2 is 1.74 bits per heavy atom. The highest BCUT2D eigenvalue weighted by molar-refractivity contribution is 5.86. The van der Waals surface area contributed by atoms with E-state index in [-0.39, 0.29) is 0 Å². The van der Waals surface area contributed by atoms with Crippen LogP contribution in [0.1, 0.15) is 24.5 Å². The zero-order valence-corrected chi connectivity index (χ0v) is 19.3. The molecule has 0 fully saturated rings. The van der Waals surface area contributed by atoms with Gasteiger partial charge >= 0.3 is 0 Å². The maximum atomic E-state index is 9.12. The summed E-state index contributed by atoms with van der Waals surface area (Å²) in [4.78, 5) is 4.35. The monoisotopic (exact) mass is 457 g/mol. The average molecular weight is 458 g/mol. The maximum Gasteiger partial charge on any atom is 0.156 e. The summed E-state index contributed by atoms with van der Waals surface area (Å²) >= 11 is 0. The molecule has 3 aromatic carbocycles. The lowest BCUT2D eigenvalue weighted by atomic mass is 10.1. The lowest BCUT2D eigenvalue weighted by Crippen LogP contribution is -2.02. The molecule has 170 valence electrons. The summed E-state index contributed by atoms with van der Waals surface area (Å²) in [5, 5.41) is 22.3. The number of pyridine rings is 1. The number of fused-ring (bicyclic) bond motifs is 1. The molecule has 0 aliphatic carbocycles. The van der Waals surface area contributed by atoms with E-state index in [4.69, 9.17) is 10.00 Å². The molecule has 0 aliphatic rings. The van der Waals surface area contributed by atoms with Gasteiger partial charge in [0, 0.05) is 22.8 Å². The molecule has 0 bridgehead atoms. The Morgan fingerprint density at radius 1 is 0.914 bits per heavy atom. The van der Waals surface area contributed by atoms with Gasteiger partial charge in [-0.3, -0.25) is 4.98 Å². The summed E-state index contributed by atoms with van der Waals surface area (Å²) in [6, 6.07) is 29.3. The molecule has 2 heterocycles. The van der Waals surface area contributed by atoms with Gasteiger partial charge < -0.3 is 10.1 Å². The zero-order chi connectivity index (χ0) is 24.0. The topological polar surface area (TPSA) is 83.7 Å². The predicted molar refractivity (Wildman–Crippen MR) is 138 cm³/mol. The highest BCUT2D eigenvalue weighted by atomic mass is 16.5. The predicted octanol–water partition coefficient (Wildman–Crippen LogP) is 7.05. The molecule has 5 aromatic rings. The first-order chi connectivity index (χ1) is 17.2. The molecule has 0 amide bonds. The fourth-order valence-electron chi connectivity index (χ4n) is 3.90. The molecule has 0 spiro atoms. The highest BCUT2D eigenvalue weighted by Gasteiger charge is 2.10. The summed E-state index contributed by atoms with van der Waals surface area (Å²) in [7, 11) is 0. The maximum absolute atomic E-state index is 9.12. The van der Waals surface area contributed by atoms with E-state index in [2.05, 4.69) is 39.6 Å². The highest BCUT2D eigenvalue weighted by Crippen LogP contribution is 2.31. The first kappa shape index (κ1) is 22.1. The second kappa shape index (κ2) is 10.0. The minimum atomic E-state index is 0.569. The van der Waals surface area contributed by atoms with Crippen LogP contribution in [0.15, 0.2) is 91.1 Å². The number of nitrogens with zero attached hydrogens (tertiary/aromatic N) is 4. The van der Waals surface area contributed by atoms with Gasteiger partial charge in [-0.25, -0.2) is 0 Å². The van der Waals surface area contributed by atoms with Gasteiger partial charge in [-0.2, -0.15) is 5.26 Å². The van der Waals surface area contributed by atoms with Crippen molar-refractivity contribution >= 4 is 22.4 Å². The number of rotatable bonds is 7. The summed E-state index contributed by atoms with van der Waals surface area (Å²) in [6.07, 6.45) is 3.60. The molecule has 0 unspecified atom stereocenters. The van der Waals surface area contributed by atoms with E-state index in [1.807, 2.05) is 66.7 Å². The van der Waals surface area contributed by atoms with Crippen molar-refractivity contribution in [1.29, 1.82) is 5.26 Å². The Bertz CT molecular complexity index is 1510. The van der Waals surface area contributed by atoms with E-state index in [0.717, 1.165) is 52.1 Å². The third-order valence-corrected chi connectivity index (χ3v) is 5.64. The molecule has 6 nitrogen and oxygen atoms in total. The van der Waals surface area contributed by atoms with Gasteiger partial charge in [0.25, 0.3) is 0 Å². The third kappa shape index (κ3) is 4.94. The standard InChI is InChI=1S/C29H23N5O/c1-2-6-22-18-26(21-7-4-3-5-8-21)33-34-29(22)32-23-10-12-24(13-11-23)35-28-15-16-31-27-17-20(19-30)9-14-25(27)28/h3-5,7-18H,2,6H2,1H3,(H,32,34). The van der Waals surface area contributed by atoms with Crippen molar-refractivity contribution < 1.29 is 4.74 Å². The van der Waals surface area contributed by atoms with Crippen molar-refractivity contribution in [3.63, 3.8) is 0 Å². The van der Waals surface area contributed by atoms with Crippen molar-refractivity contribution in [2.45, 2.75) is 19.8 Å². The van der Waals surface area contributed by atoms with Gasteiger partial charge in [-0.05, 0) is 66.6 Å². The molecular formula is C29H23N5O. The Hall–Kier alpha value is -4.76. The number of hydrogen-bond acceptors (Lipinski definition) is 6. The molecule has 5 rings (SSSR count). The van der Waals surface area contributed by atoms with Crippen LogP contribution in [0.2, 0.25) is 0 Å². The molecule has 0 radical (unpaired) electrons. The van der Waals surface area contributed by atoms with Crippen LogP contribution < -0.4 is 10.1 Å². The SMILES string of the molecule is CCCc1cc(-c2ccccc2)nnc1Nc1ccc(Oc2ccnc3cc(C#N)ccc23)cc1. The molecule has 0 saturated carbocycles. The van der Waals surface area contributed by atoms with Gasteiger partial charge in [0.15, 0.2) is 5.82 Å². The second-order valence-electron chi connectivity index (χ2n) is 8.12. The van der Waals surface area contributed by atoms with Crippen molar-refractivity contribution in [2.24, 2.45) is 0 Å². The Morgan fingerprint density at radius 3 is 2.51 bits per heavy atom. The lowest BCUT2D eigenvalue weighted by Gasteiger charge is -2.13. The van der Waals surface area contributed by atoms with Gasteiger partial charge in [-0.15, -0.1) is 10.2 Å². The van der Waals surface area contributed by atoms with Gasteiger partial charge in [0.05, 0.1) is 22.8 Å². The number of benzene rings is 3. The second-order valence-corrected chi connectivity index (χ2v) is 8.12. The molecule has 2 aromatic heterocycles. The average Bonchev–Trinajstić information content (AvgIpc) is 2.91. The fourth-order valence-corrected chi connectivity index (χ4v) is 3.90. The smallest absolute Gasteiger partial charge is 0.156 e. The van der Waals surface area contributed by atoms with Crippen molar-refractivity contribution in [2.75, 3.05) is 5.32 Å². The van der Waals surface area contributed by atoms with E-state index < -0.39 is 0 Å². The van der Waals surface area contributed by atoms with Crippen LogP contribution in [-0.2, 0) is 6.42 Å². The van der Waals surface area contributed by atoms with Crippen LogP contribution in [-0.4, -0.2) is 15.2 Å². The quantitative estimate of drug-likeness (QED) is 0.282. The Balaban J connectivity index is 1.35. The van der Waals surface area contributed by atoms with Gasteiger partial charge in [-0.1, -0.05) is 43.7 Å². The summed E-state index contributed by atoms with van der Waals surface area (Å²) in [5.41, 5.74) is 5.24. The molecule has 35 heavy (non-hydrogen) atoms. The number of nitriles is 1. The number of anilines is 2. The normalized spacial score (nSPS) is 10.6. The Labute approximate surface area is 203 Å². The number of hydrogen-bond donors (Lipinski definition) is 1. The van der Waals surface area contributed by atoms with Gasteiger partial charge in [0.2, 0.25) is 0 Å². The van der Waals surface area contributed by atoms with E-state index >= 15 is 0 Å². The van der Waals surface area contributed by atoms with E-state index in [1.54, 1.807) is 18.3 Å². The summed E-state index contributed by atoms with van der Waals surface area (Å²) in [6.45, 7) is 2.16. The number of aromatic nitrogens is 3. The molecular weight excluding hydrogens is 434 g/mol. The number of aryl methyl sites for hydroxylation is 1. The van der Waals surface area contributed by atoms with Crippen LogP contribution in [0, 0.1) is 11.3 Å². The first-order valence-corrected chi connectivity index (χ1v) is 11.5. The molecule has 0 saturated heterocycles. The third-order valence-electron chi connectivity index (χ3n) is 5.64. The van der Waals surface area contributed by atoms with E-state index in [1.165, 1.54) is 0 Å². The first-order valence-electron chi connectivity index (χ1n) is 11.5. The zero-order valence-electron chi connectivity index (χ0n) is 19.3. The fraction of sp³-hybridized carbons (Fsp3) is 0.103. The van der Waals surface area contributed by atoms with Crippen LogP contribution >= 0.6 is 0 Å². The molecule has 6 heteroatoms. The van der Waals surface area contributed by atoms with E-state index in [0.29, 0.717) is 17.1 Å². The summed E-state index contributed by atoms with van der Waals surface area (Å²) < 4.78 is 6.12. The number of ether oxygens (including phenoxy) is 1. The lowest BCUT2D eigenvalue weighted by molar-refractivity contribution is 0.488. The molecule has 0 atom stereocenters. The van der Waals surface area contributed by atoms with E-state index in [9.17, 15) is 0 Å². The van der Waals surface area contributed by atoms with Crippen LogP contribution in [0.3, 0.4) is 0 Å². The van der Waals surface area contributed by atoms with Gasteiger partial charge in [0.1, 0.15) is 11.5 Å². The number of nitrogens with one attached hydrogen (secondary N) is 1. The van der Waals surface area contributed by atoms with Crippen LogP contribution in [0.4, 0.5) is 11.5 Å². The summed E-state index contributed by atoms with van der Waals surface area (Å²) in [5.74, 6) is 2.15. The van der Waals surface area contributed by atoms with Crippen LogP contribution in [0.25, 0.3) is 22.2 Å². The van der Waals surface area contributed by atoms with Crippen LogP contribution in [0.5, 0.6) is 11.5 Å². The molecule has 1 N–H and O–H groups in total. The largest absolute Gasteiger partial charge is 0.457 e. The van der Waals surface area contributed by atoms with Crippen molar-refractivity contribution in [3.8, 4) is 28.8 Å². The minimum absolute atomic E-state index is 0.569.